The van der Waals surface area contributed by atoms with E-state index in [1.54, 1.807) is 0 Å². The minimum Gasteiger partial charge on any atom is -0.327 e. The summed E-state index contributed by atoms with van der Waals surface area (Å²) in [6, 6.07) is 2.94. The molecule has 1 aliphatic carbocycles. The third-order valence-electron chi connectivity index (χ3n) is 3.57. The average Bonchev–Trinajstić information content (AvgIpc) is 2.66. The van der Waals surface area contributed by atoms with Crippen LogP contribution in [0.4, 0.5) is 17.6 Å². The molecule has 0 unspecified atom stereocenters. The topological polar surface area (TPSA) is 26.0 Å². The smallest absolute Gasteiger partial charge is 0.327 e. The Kier molecular flexibility index (Phi) is 2.51. The van der Waals surface area contributed by atoms with Crippen LogP contribution < -0.4 is 5.73 Å². The lowest BCUT2D eigenvalue weighted by Crippen LogP contribution is -2.09. The second-order valence-corrected chi connectivity index (χ2v) is 5.06. The normalized spacial score (nSPS) is 27.0. The number of alkyl halides is 3. The molecule has 0 radical (unpaired) electrons. The lowest BCUT2D eigenvalue weighted by molar-refractivity contribution is -0.140. The van der Waals surface area contributed by atoms with Gasteiger partial charge >= 0.3 is 6.18 Å². The Balaban J connectivity index is 2.40. The van der Waals surface area contributed by atoms with Gasteiger partial charge in [-0.3, -0.25) is 0 Å². The summed E-state index contributed by atoms with van der Waals surface area (Å²) in [4.78, 5) is 0. The highest BCUT2D eigenvalue weighted by molar-refractivity contribution is 5.38. The zero-order valence-electron chi connectivity index (χ0n) is 9.48. The third-order valence-corrected chi connectivity index (χ3v) is 3.57. The van der Waals surface area contributed by atoms with Crippen molar-refractivity contribution in [3.05, 3.63) is 35.1 Å². The predicted molar refractivity (Wildman–Crippen MR) is 55.9 cm³/mol. The molecule has 1 saturated carbocycles. The standard InChI is InChI=1S/C12H13F4N/c1-11(2)9(10(11)17)6-3-4-8(13)7(5-6)12(14,15)16/h3-5,9-10H,17H2,1-2H3/t9-,10-/m0/s1. The van der Waals surface area contributed by atoms with E-state index in [0.717, 1.165) is 12.1 Å². The molecule has 0 aromatic heterocycles. The first kappa shape index (κ1) is 12.4. The molecular weight excluding hydrogens is 234 g/mol. The van der Waals surface area contributed by atoms with Gasteiger partial charge in [0.05, 0.1) is 5.56 Å². The summed E-state index contributed by atoms with van der Waals surface area (Å²) in [6.07, 6.45) is -4.66. The van der Waals surface area contributed by atoms with Crippen LogP contribution in [0.1, 0.15) is 30.9 Å². The molecule has 0 saturated heterocycles. The fourth-order valence-corrected chi connectivity index (χ4v) is 2.27. The molecule has 0 aliphatic heterocycles. The van der Waals surface area contributed by atoms with Gasteiger partial charge < -0.3 is 5.73 Å². The number of benzene rings is 1. The fraction of sp³-hybridized carbons (Fsp3) is 0.500. The summed E-state index contributed by atoms with van der Waals surface area (Å²) < 4.78 is 50.7. The van der Waals surface area contributed by atoms with Crippen LogP contribution in [0, 0.1) is 11.2 Å². The molecule has 1 aliphatic rings. The molecule has 0 heterocycles. The SMILES string of the molecule is CC1(C)[C@@H](N)[C@@H]1c1ccc(F)c(C(F)(F)F)c1. The van der Waals surface area contributed by atoms with Gasteiger partial charge in [0.2, 0.25) is 0 Å². The van der Waals surface area contributed by atoms with Crippen molar-refractivity contribution in [3.63, 3.8) is 0 Å². The van der Waals surface area contributed by atoms with Crippen molar-refractivity contribution in [3.8, 4) is 0 Å². The molecule has 2 N–H and O–H groups in total. The Morgan fingerprint density at radius 1 is 1.24 bits per heavy atom. The van der Waals surface area contributed by atoms with E-state index in [1.807, 2.05) is 13.8 Å². The summed E-state index contributed by atoms with van der Waals surface area (Å²) in [6.45, 7) is 3.78. The molecule has 1 aromatic rings. The van der Waals surface area contributed by atoms with Crippen molar-refractivity contribution >= 4 is 0 Å². The monoisotopic (exact) mass is 247 g/mol. The number of halogens is 4. The van der Waals surface area contributed by atoms with E-state index in [9.17, 15) is 17.6 Å². The number of hydrogen-bond donors (Lipinski definition) is 1. The number of rotatable bonds is 1. The molecule has 5 heteroatoms. The Labute approximate surface area is 96.6 Å². The second kappa shape index (κ2) is 3.45. The van der Waals surface area contributed by atoms with Crippen molar-refractivity contribution in [2.45, 2.75) is 32.0 Å². The summed E-state index contributed by atoms with van der Waals surface area (Å²) in [7, 11) is 0. The summed E-state index contributed by atoms with van der Waals surface area (Å²) in [5, 5.41) is 0. The van der Waals surface area contributed by atoms with Gasteiger partial charge in [-0.25, -0.2) is 4.39 Å². The maximum absolute atomic E-state index is 13.1. The minimum atomic E-state index is -4.66. The zero-order valence-corrected chi connectivity index (χ0v) is 9.48. The van der Waals surface area contributed by atoms with Crippen molar-refractivity contribution in [2.24, 2.45) is 11.1 Å². The Bertz CT molecular complexity index is 450. The molecule has 17 heavy (non-hydrogen) atoms. The van der Waals surface area contributed by atoms with Crippen LogP contribution in [0.3, 0.4) is 0 Å². The van der Waals surface area contributed by atoms with Crippen LogP contribution in [0.25, 0.3) is 0 Å². The van der Waals surface area contributed by atoms with Gasteiger partial charge in [0.1, 0.15) is 5.82 Å². The van der Waals surface area contributed by atoms with E-state index in [2.05, 4.69) is 0 Å². The van der Waals surface area contributed by atoms with E-state index in [1.165, 1.54) is 6.07 Å². The highest BCUT2D eigenvalue weighted by Crippen LogP contribution is 2.57. The van der Waals surface area contributed by atoms with Crippen LogP contribution >= 0.6 is 0 Å². The molecular formula is C12H13F4N. The van der Waals surface area contributed by atoms with Crippen molar-refractivity contribution in [1.82, 2.24) is 0 Å². The van der Waals surface area contributed by atoms with E-state index in [-0.39, 0.29) is 17.4 Å². The van der Waals surface area contributed by atoms with Crippen LogP contribution in [-0.4, -0.2) is 6.04 Å². The first-order chi connectivity index (χ1) is 7.65. The van der Waals surface area contributed by atoms with E-state index in [4.69, 9.17) is 5.73 Å². The van der Waals surface area contributed by atoms with E-state index < -0.39 is 17.6 Å². The Morgan fingerprint density at radius 2 is 1.76 bits per heavy atom. The van der Waals surface area contributed by atoms with Gasteiger partial charge in [0, 0.05) is 12.0 Å². The summed E-state index contributed by atoms with van der Waals surface area (Å²) >= 11 is 0. The lowest BCUT2D eigenvalue weighted by atomic mass is 10.0. The number of nitrogens with two attached hydrogens (primary N) is 1. The first-order valence-electron chi connectivity index (χ1n) is 5.28. The highest BCUT2D eigenvalue weighted by Gasteiger charge is 2.56. The molecule has 1 nitrogen and oxygen atoms in total. The van der Waals surface area contributed by atoms with Gasteiger partial charge in [-0.1, -0.05) is 19.9 Å². The quantitative estimate of drug-likeness (QED) is 0.757. The summed E-state index contributed by atoms with van der Waals surface area (Å²) in [5.41, 5.74) is 4.81. The van der Waals surface area contributed by atoms with Gasteiger partial charge in [0.15, 0.2) is 0 Å². The minimum absolute atomic E-state index is 0.135. The van der Waals surface area contributed by atoms with Crippen molar-refractivity contribution in [2.75, 3.05) is 0 Å². The largest absolute Gasteiger partial charge is 0.419 e. The average molecular weight is 247 g/mol. The zero-order chi connectivity index (χ0) is 13.0. The van der Waals surface area contributed by atoms with Crippen molar-refractivity contribution < 1.29 is 17.6 Å². The van der Waals surface area contributed by atoms with E-state index >= 15 is 0 Å². The molecule has 2 atom stereocenters. The molecule has 2 rings (SSSR count). The predicted octanol–water partition coefficient (Wildman–Crippen LogP) is 3.30. The molecule has 94 valence electrons. The second-order valence-electron chi connectivity index (χ2n) is 5.06. The lowest BCUT2D eigenvalue weighted by Gasteiger charge is -2.10. The van der Waals surface area contributed by atoms with Crippen LogP contribution in [0.5, 0.6) is 0 Å². The van der Waals surface area contributed by atoms with Crippen LogP contribution in [0.15, 0.2) is 18.2 Å². The first-order valence-corrected chi connectivity index (χ1v) is 5.28. The van der Waals surface area contributed by atoms with E-state index in [0.29, 0.717) is 5.56 Å². The van der Waals surface area contributed by atoms with Gasteiger partial charge in [-0.2, -0.15) is 13.2 Å². The fourth-order valence-electron chi connectivity index (χ4n) is 2.27. The Hall–Kier alpha value is -1.10. The van der Waals surface area contributed by atoms with Crippen LogP contribution in [0.2, 0.25) is 0 Å². The maximum Gasteiger partial charge on any atom is 0.419 e. The molecule has 0 bridgehead atoms. The Morgan fingerprint density at radius 3 is 2.18 bits per heavy atom. The van der Waals surface area contributed by atoms with Crippen molar-refractivity contribution in [1.29, 1.82) is 0 Å². The molecule has 1 fully saturated rings. The molecule has 0 spiro atoms. The van der Waals surface area contributed by atoms with Gasteiger partial charge in [-0.05, 0) is 23.1 Å². The third kappa shape index (κ3) is 1.92. The van der Waals surface area contributed by atoms with Gasteiger partial charge in [-0.15, -0.1) is 0 Å². The highest BCUT2D eigenvalue weighted by atomic mass is 19.4. The maximum atomic E-state index is 13.1. The number of hydrogen-bond acceptors (Lipinski definition) is 1. The van der Waals surface area contributed by atoms with Crippen LogP contribution in [-0.2, 0) is 6.18 Å². The molecule has 0 amide bonds. The van der Waals surface area contributed by atoms with Gasteiger partial charge in [0.25, 0.3) is 0 Å². The summed E-state index contributed by atoms with van der Waals surface area (Å²) in [5.74, 6) is -1.38. The molecule has 1 aromatic carbocycles.